The largest absolute Gasteiger partial charge is 0.387 e. The molecule has 1 rings (SSSR count). The quantitative estimate of drug-likeness (QED) is 0.608. The highest BCUT2D eigenvalue weighted by molar-refractivity contribution is 4.92. The van der Waals surface area contributed by atoms with Crippen molar-refractivity contribution < 1.29 is 9.84 Å². The maximum absolute atomic E-state index is 9.93. The van der Waals surface area contributed by atoms with Gasteiger partial charge in [-0.25, -0.2) is 0 Å². The molecule has 0 spiro atoms. The van der Waals surface area contributed by atoms with E-state index in [9.17, 15) is 5.11 Å². The topological polar surface area (TPSA) is 55.5 Å². The highest BCUT2D eigenvalue weighted by atomic mass is 16.5. The second-order valence-corrected chi connectivity index (χ2v) is 3.44. The molecule has 3 heteroatoms. The van der Waals surface area contributed by atoms with E-state index in [1.807, 2.05) is 13.8 Å². The molecule has 3 nitrogen and oxygen atoms in total. The Bertz CT molecular complexity index is 140. The lowest BCUT2D eigenvalue weighted by Gasteiger charge is -2.24. The van der Waals surface area contributed by atoms with E-state index < -0.39 is 5.60 Å². The fraction of sp³-hybridized carbons (Fsp3) is 1.00. The van der Waals surface area contributed by atoms with Gasteiger partial charge in [-0.15, -0.1) is 0 Å². The second kappa shape index (κ2) is 3.09. The van der Waals surface area contributed by atoms with Gasteiger partial charge in [0.25, 0.3) is 0 Å². The van der Waals surface area contributed by atoms with E-state index in [1.54, 1.807) is 0 Å². The molecule has 1 aliphatic rings. The lowest BCUT2D eigenvalue weighted by Crippen LogP contribution is -2.38. The van der Waals surface area contributed by atoms with Gasteiger partial charge in [-0.1, -0.05) is 0 Å². The summed E-state index contributed by atoms with van der Waals surface area (Å²) in [5.74, 6) is 0. The van der Waals surface area contributed by atoms with E-state index in [4.69, 9.17) is 10.5 Å². The average Bonchev–Trinajstić information content (AvgIpc) is 2.08. The first-order chi connectivity index (χ1) is 5.08. The lowest BCUT2D eigenvalue weighted by molar-refractivity contribution is -0.0385. The molecule has 1 aliphatic heterocycles. The third kappa shape index (κ3) is 1.72. The first kappa shape index (κ1) is 8.97. The van der Waals surface area contributed by atoms with Gasteiger partial charge in [0.2, 0.25) is 0 Å². The van der Waals surface area contributed by atoms with E-state index >= 15 is 0 Å². The molecule has 3 unspecified atom stereocenters. The van der Waals surface area contributed by atoms with Gasteiger partial charge >= 0.3 is 0 Å². The van der Waals surface area contributed by atoms with Gasteiger partial charge in [0.1, 0.15) is 0 Å². The predicted octanol–water partition coefficient (Wildman–Crippen LogP) is 0.264. The molecule has 3 atom stereocenters. The number of rotatable bonds is 2. The summed E-state index contributed by atoms with van der Waals surface area (Å²) < 4.78 is 5.42. The number of hydrogen-bond donors (Lipinski definition) is 2. The van der Waals surface area contributed by atoms with E-state index in [-0.39, 0.29) is 12.2 Å². The van der Waals surface area contributed by atoms with Crippen molar-refractivity contribution in [3.8, 4) is 0 Å². The molecule has 0 saturated carbocycles. The lowest BCUT2D eigenvalue weighted by atomic mass is 9.91. The zero-order chi connectivity index (χ0) is 8.48. The summed E-state index contributed by atoms with van der Waals surface area (Å²) in [4.78, 5) is 0. The summed E-state index contributed by atoms with van der Waals surface area (Å²) in [5.41, 5.74) is 4.71. The van der Waals surface area contributed by atoms with Crippen molar-refractivity contribution in [3.63, 3.8) is 0 Å². The molecular weight excluding hydrogens is 142 g/mol. The van der Waals surface area contributed by atoms with Crippen LogP contribution in [-0.4, -0.2) is 29.5 Å². The Balaban J connectivity index is 2.55. The fourth-order valence-electron chi connectivity index (χ4n) is 1.74. The van der Waals surface area contributed by atoms with Gasteiger partial charge in [-0.3, -0.25) is 0 Å². The SMILES string of the molecule is CC1CC(O)(CCN)C(C)O1. The zero-order valence-corrected chi connectivity index (χ0v) is 7.21. The van der Waals surface area contributed by atoms with Crippen molar-refractivity contribution >= 4 is 0 Å². The Morgan fingerprint density at radius 3 is 2.64 bits per heavy atom. The van der Waals surface area contributed by atoms with Crippen LogP contribution in [0.4, 0.5) is 0 Å². The summed E-state index contributed by atoms with van der Waals surface area (Å²) in [5, 5.41) is 9.93. The first-order valence-electron chi connectivity index (χ1n) is 4.16. The highest BCUT2D eigenvalue weighted by Crippen LogP contribution is 2.32. The highest BCUT2D eigenvalue weighted by Gasteiger charge is 2.42. The van der Waals surface area contributed by atoms with Crippen molar-refractivity contribution in [3.05, 3.63) is 0 Å². The van der Waals surface area contributed by atoms with Crippen molar-refractivity contribution in [2.75, 3.05) is 6.54 Å². The van der Waals surface area contributed by atoms with Crippen LogP contribution in [-0.2, 0) is 4.74 Å². The molecule has 1 fully saturated rings. The van der Waals surface area contributed by atoms with Crippen LogP contribution in [0, 0.1) is 0 Å². The molecule has 1 saturated heterocycles. The molecule has 66 valence electrons. The summed E-state index contributed by atoms with van der Waals surface area (Å²) in [6.07, 6.45) is 1.45. The van der Waals surface area contributed by atoms with Gasteiger partial charge in [0.05, 0.1) is 17.8 Å². The summed E-state index contributed by atoms with van der Waals surface area (Å²) in [7, 11) is 0. The van der Waals surface area contributed by atoms with Gasteiger partial charge in [-0.2, -0.15) is 0 Å². The van der Waals surface area contributed by atoms with Crippen LogP contribution in [0.1, 0.15) is 26.7 Å². The third-order valence-corrected chi connectivity index (χ3v) is 2.41. The first-order valence-corrected chi connectivity index (χ1v) is 4.16. The maximum atomic E-state index is 9.93. The van der Waals surface area contributed by atoms with Crippen molar-refractivity contribution in [2.45, 2.75) is 44.5 Å². The van der Waals surface area contributed by atoms with Crippen molar-refractivity contribution in [1.29, 1.82) is 0 Å². The Kier molecular flexibility index (Phi) is 2.52. The smallest absolute Gasteiger partial charge is 0.0942 e. The number of hydrogen-bond acceptors (Lipinski definition) is 3. The van der Waals surface area contributed by atoms with E-state index in [2.05, 4.69) is 0 Å². The molecule has 11 heavy (non-hydrogen) atoms. The Hall–Kier alpha value is -0.120. The Labute approximate surface area is 67.5 Å². The minimum absolute atomic E-state index is 0.0685. The van der Waals surface area contributed by atoms with Crippen LogP contribution < -0.4 is 5.73 Å². The Morgan fingerprint density at radius 1 is 1.64 bits per heavy atom. The number of nitrogens with two attached hydrogens (primary N) is 1. The fourth-order valence-corrected chi connectivity index (χ4v) is 1.74. The summed E-state index contributed by atoms with van der Waals surface area (Å²) >= 11 is 0. The molecule has 0 amide bonds. The molecule has 0 aromatic heterocycles. The summed E-state index contributed by atoms with van der Waals surface area (Å²) in [6.45, 7) is 4.40. The molecule has 0 bridgehead atoms. The Morgan fingerprint density at radius 2 is 2.27 bits per heavy atom. The van der Waals surface area contributed by atoms with Crippen LogP contribution in [0.2, 0.25) is 0 Å². The number of ether oxygens (including phenoxy) is 1. The molecule has 0 aromatic carbocycles. The van der Waals surface area contributed by atoms with Crippen LogP contribution >= 0.6 is 0 Å². The van der Waals surface area contributed by atoms with Crippen LogP contribution in [0.15, 0.2) is 0 Å². The zero-order valence-electron chi connectivity index (χ0n) is 7.21. The van der Waals surface area contributed by atoms with Crippen LogP contribution in [0.25, 0.3) is 0 Å². The number of aliphatic hydroxyl groups is 1. The monoisotopic (exact) mass is 159 g/mol. The summed E-state index contributed by atoms with van der Waals surface area (Å²) in [6, 6.07) is 0. The van der Waals surface area contributed by atoms with E-state index in [0.717, 1.165) is 0 Å². The minimum atomic E-state index is -0.672. The molecule has 0 aliphatic carbocycles. The van der Waals surface area contributed by atoms with Crippen LogP contribution in [0.3, 0.4) is 0 Å². The maximum Gasteiger partial charge on any atom is 0.0942 e. The standard InChI is InChI=1S/C8H17NO2/c1-6-5-8(10,3-4-9)7(2)11-6/h6-7,10H,3-5,9H2,1-2H3. The van der Waals surface area contributed by atoms with E-state index in [1.165, 1.54) is 0 Å². The van der Waals surface area contributed by atoms with Crippen LogP contribution in [0.5, 0.6) is 0 Å². The van der Waals surface area contributed by atoms with Crippen molar-refractivity contribution in [2.24, 2.45) is 5.73 Å². The van der Waals surface area contributed by atoms with Crippen molar-refractivity contribution in [1.82, 2.24) is 0 Å². The average molecular weight is 159 g/mol. The van der Waals surface area contributed by atoms with Gasteiger partial charge in [0.15, 0.2) is 0 Å². The third-order valence-electron chi connectivity index (χ3n) is 2.41. The van der Waals surface area contributed by atoms with Gasteiger partial charge < -0.3 is 15.6 Å². The molecular formula is C8H17NO2. The molecule has 0 radical (unpaired) electrons. The second-order valence-electron chi connectivity index (χ2n) is 3.44. The van der Waals surface area contributed by atoms with Gasteiger partial charge in [-0.05, 0) is 26.8 Å². The van der Waals surface area contributed by atoms with Gasteiger partial charge in [0, 0.05) is 6.42 Å². The molecule has 3 N–H and O–H groups in total. The minimum Gasteiger partial charge on any atom is -0.387 e. The predicted molar refractivity (Wildman–Crippen MR) is 43.2 cm³/mol. The molecule has 1 heterocycles. The van der Waals surface area contributed by atoms with E-state index in [0.29, 0.717) is 19.4 Å². The normalized spacial score (nSPS) is 44.7. The molecule has 0 aromatic rings.